The number of hydrogen-bond donors (Lipinski definition) is 1. The number of hydrogen-bond acceptors (Lipinski definition) is 3. The summed E-state index contributed by atoms with van der Waals surface area (Å²) in [6.45, 7) is 15.4. The van der Waals surface area contributed by atoms with Gasteiger partial charge in [0.15, 0.2) is 11.6 Å². The van der Waals surface area contributed by atoms with Gasteiger partial charge in [0.25, 0.3) is 0 Å². The summed E-state index contributed by atoms with van der Waals surface area (Å²) in [6.07, 6.45) is 8.67. The van der Waals surface area contributed by atoms with Crippen molar-refractivity contribution >= 4 is 12.1 Å². The van der Waals surface area contributed by atoms with Crippen molar-refractivity contribution in [3.63, 3.8) is 0 Å². The molecule has 1 aliphatic heterocycles. The van der Waals surface area contributed by atoms with Gasteiger partial charge in [0, 0.05) is 6.04 Å². The Morgan fingerprint density at radius 3 is 2.19 bits per heavy atom. The number of halogens is 2. The summed E-state index contributed by atoms with van der Waals surface area (Å²) in [7, 11) is 0. The number of rotatable bonds is 12. The number of ether oxygens (including phenoxy) is 1. The summed E-state index contributed by atoms with van der Waals surface area (Å²) in [5.74, 6) is 0.276. The van der Waals surface area contributed by atoms with Crippen molar-refractivity contribution in [3.8, 4) is 0 Å². The molecule has 206 valence electrons. The van der Waals surface area contributed by atoms with E-state index >= 15 is 0 Å². The first kappa shape index (κ1) is 31.8. The van der Waals surface area contributed by atoms with Crippen molar-refractivity contribution in [1.29, 1.82) is 0 Å². The third kappa shape index (κ3) is 10.8. The molecular weight excluding hydrogens is 462 g/mol. The molecule has 0 spiro atoms. The summed E-state index contributed by atoms with van der Waals surface area (Å²) in [4.78, 5) is 25.5. The lowest BCUT2D eigenvalue weighted by Crippen LogP contribution is -2.46. The summed E-state index contributed by atoms with van der Waals surface area (Å²) >= 11 is 0. The number of carbonyl (C=O) groups is 2. The Balaban J connectivity index is 0.000000497. The van der Waals surface area contributed by atoms with E-state index in [0.717, 1.165) is 48.1 Å². The quantitative estimate of drug-likeness (QED) is 0.306. The highest BCUT2D eigenvalue weighted by Gasteiger charge is 2.40. The minimum Gasteiger partial charge on any atom is -0.446 e. The van der Waals surface area contributed by atoms with Crippen LogP contribution in [0.15, 0.2) is 18.2 Å². The molecule has 1 aromatic carbocycles. The SMILES string of the molecule is CCCC(C)CCC(C)CC.CCCC(CC(C)C)NC(=O)N1C(=O)OCC1c1ccc(F)c(F)c1. The molecule has 0 aliphatic carbocycles. The molecular formula is C29H48F2N2O3. The van der Waals surface area contributed by atoms with Gasteiger partial charge in [-0.25, -0.2) is 23.3 Å². The predicted molar refractivity (Wildman–Crippen MR) is 142 cm³/mol. The number of imide groups is 1. The molecule has 1 N–H and O–H groups in total. The van der Waals surface area contributed by atoms with Crippen LogP contribution >= 0.6 is 0 Å². The van der Waals surface area contributed by atoms with Crippen LogP contribution in [-0.4, -0.2) is 29.7 Å². The van der Waals surface area contributed by atoms with Gasteiger partial charge >= 0.3 is 12.1 Å². The largest absolute Gasteiger partial charge is 0.446 e. The van der Waals surface area contributed by atoms with Gasteiger partial charge in [-0.2, -0.15) is 0 Å². The Kier molecular flexibility index (Phi) is 14.6. The molecule has 3 amide bonds. The fourth-order valence-electron chi connectivity index (χ4n) is 4.43. The van der Waals surface area contributed by atoms with Crippen molar-refractivity contribution in [3.05, 3.63) is 35.4 Å². The Bertz CT molecular complexity index is 803. The highest BCUT2D eigenvalue weighted by molar-refractivity contribution is 5.92. The summed E-state index contributed by atoms with van der Waals surface area (Å²) in [5, 5.41) is 2.87. The fraction of sp³-hybridized carbons (Fsp3) is 0.724. The van der Waals surface area contributed by atoms with E-state index in [4.69, 9.17) is 4.74 Å². The maximum atomic E-state index is 13.5. The van der Waals surface area contributed by atoms with E-state index in [9.17, 15) is 18.4 Å². The number of cyclic esters (lactones) is 1. The molecule has 1 aromatic rings. The van der Waals surface area contributed by atoms with Crippen LogP contribution in [0.1, 0.15) is 111 Å². The molecule has 1 fully saturated rings. The second-order valence-corrected chi connectivity index (χ2v) is 10.7. The Labute approximate surface area is 217 Å². The van der Waals surface area contributed by atoms with Gasteiger partial charge in [-0.15, -0.1) is 0 Å². The minimum atomic E-state index is -1.03. The highest BCUT2D eigenvalue weighted by atomic mass is 19.2. The summed E-state index contributed by atoms with van der Waals surface area (Å²) < 4.78 is 31.6. The van der Waals surface area contributed by atoms with Crippen LogP contribution in [0.5, 0.6) is 0 Å². The molecule has 0 saturated carbocycles. The van der Waals surface area contributed by atoms with Crippen LogP contribution in [-0.2, 0) is 4.74 Å². The van der Waals surface area contributed by atoms with E-state index < -0.39 is 29.8 Å². The van der Waals surface area contributed by atoms with Gasteiger partial charge < -0.3 is 10.1 Å². The van der Waals surface area contributed by atoms with Crippen molar-refractivity contribution in [1.82, 2.24) is 10.2 Å². The van der Waals surface area contributed by atoms with Crippen LogP contribution < -0.4 is 5.32 Å². The second kappa shape index (κ2) is 16.5. The topological polar surface area (TPSA) is 58.6 Å². The first-order valence-corrected chi connectivity index (χ1v) is 13.7. The second-order valence-electron chi connectivity index (χ2n) is 10.7. The summed E-state index contributed by atoms with van der Waals surface area (Å²) in [6, 6.07) is 1.90. The molecule has 5 nitrogen and oxygen atoms in total. The molecule has 36 heavy (non-hydrogen) atoms. The van der Waals surface area contributed by atoms with Gasteiger partial charge in [-0.3, -0.25) is 0 Å². The van der Waals surface area contributed by atoms with Gasteiger partial charge in [0.1, 0.15) is 12.6 Å². The van der Waals surface area contributed by atoms with Gasteiger partial charge in [-0.1, -0.05) is 93.1 Å². The molecule has 4 atom stereocenters. The van der Waals surface area contributed by atoms with Crippen molar-refractivity contribution in [2.45, 2.75) is 112 Å². The van der Waals surface area contributed by atoms with E-state index in [1.54, 1.807) is 0 Å². The van der Waals surface area contributed by atoms with Crippen LogP contribution in [0.4, 0.5) is 18.4 Å². The molecule has 1 saturated heterocycles. The fourth-order valence-corrected chi connectivity index (χ4v) is 4.43. The van der Waals surface area contributed by atoms with E-state index in [0.29, 0.717) is 11.5 Å². The zero-order valence-electron chi connectivity index (χ0n) is 23.4. The van der Waals surface area contributed by atoms with Crippen molar-refractivity contribution in [2.24, 2.45) is 17.8 Å². The number of carbonyl (C=O) groups excluding carboxylic acids is 2. The first-order chi connectivity index (χ1) is 17.0. The number of nitrogens with zero attached hydrogens (tertiary/aromatic N) is 1. The van der Waals surface area contributed by atoms with Crippen LogP contribution in [0.3, 0.4) is 0 Å². The minimum absolute atomic E-state index is 0.0588. The number of amides is 3. The molecule has 0 aromatic heterocycles. The van der Waals surface area contributed by atoms with Crippen molar-refractivity contribution in [2.75, 3.05) is 6.61 Å². The maximum Gasteiger partial charge on any atom is 0.418 e. The van der Waals surface area contributed by atoms with Gasteiger partial charge in [0.2, 0.25) is 0 Å². The smallest absolute Gasteiger partial charge is 0.418 e. The van der Waals surface area contributed by atoms with Crippen LogP contribution in [0.2, 0.25) is 0 Å². The van der Waals surface area contributed by atoms with Gasteiger partial charge in [0.05, 0.1) is 0 Å². The standard InChI is InChI=1S/C18H24F2N2O3.C11H24/c1-4-5-13(8-11(2)3)21-17(23)22-16(10-25-18(22)24)12-6-7-14(19)15(20)9-12;1-5-7-11(4)9-8-10(3)6-2/h6-7,9,11,13,16H,4-5,8,10H2,1-3H3,(H,21,23);10-11H,5-9H2,1-4H3. The number of nitrogens with one attached hydrogen (secondary N) is 1. The lowest BCUT2D eigenvalue weighted by atomic mass is 9.94. The monoisotopic (exact) mass is 510 g/mol. The van der Waals surface area contributed by atoms with Crippen LogP contribution in [0, 0.1) is 29.4 Å². The molecule has 7 heteroatoms. The Morgan fingerprint density at radius 2 is 1.64 bits per heavy atom. The van der Waals surface area contributed by atoms with E-state index in [-0.39, 0.29) is 12.6 Å². The highest BCUT2D eigenvalue weighted by Crippen LogP contribution is 2.29. The lowest BCUT2D eigenvalue weighted by molar-refractivity contribution is 0.156. The third-order valence-electron chi connectivity index (χ3n) is 6.77. The molecule has 2 rings (SSSR count). The Morgan fingerprint density at radius 1 is 1.00 bits per heavy atom. The normalized spacial score (nSPS) is 17.8. The third-order valence-corrected chi connectivity index (χ3v) is 6.77. The van der Waals surface area contributed by atoms with Crippen LogP contribution in [0.25, 0.3) is 0 Å². The van der Waals surface area contributed by atoms with Crippen molar-refractivity contribution < 1.29 is 23.1 Å². The average Bonchev–Trinajstić information content (AvgIpc) is 3.21. The number of benzene rings is 1. The predicted octanol–water partition coefficient (Wildman–Crippen LogP) is 8.63. The lowest BCUT2D eigenvalue weighted by Gasteiger charge is -2.25. The number of urea groups is 1. The van der Waals surface area contributed by atoms with E-state index in [2.05, 4.69) is 46.9 Å². The molecule has 4 unspecified atom stereocenters. The zero-order valence-corrected chi connectivity index (χ0v) is 23.4. The molecule has 0 radical (unpaired) electrons. The maximum absolute atomic E-state index is 13.5. The summed E-state index contributed by atoms with van der Waals surface area (Å²) in [5.41, 5.74) is 0.316. The van der Waals surface area contributed by atoms with Gasteiger partial charge in [-0.05, 0) is 48.3 Å². The average molecular weight is 511 g/mol. The molecule has 0 bridgehead atoms. The molecule has 1 heterocycles. The Hall–Kier alpha value is -2.18. The van der Waals surface area contributed by atoms with E-state index in [1.807, 2.05) is 6.92 Å². The molecule has 1 aliphatic rings. The zero-order chi connectivity index (χ0) is 27.3. The van der Waals surface area contributed by atoms with E-state index in [1.165, 1.54) is 38.2 Å². The first-order valence-electron chi connectivity index (χ1n) is 13.7.